The Morgan fingerprint density at radius 1 is 1.47 bits per heavy atom. The van der Waals surface area contributed by atoms with Crippen LogP contribution < -0.4 is 4.74 Å². The Hall–Kier alpha value is -1.46. The number of benzene rings is 1. The molecule has 1 aromatic carbocycles. The minimum atomic E-state index is -0.304. The summed E-state index contributed by atoms with van der Waals surface area (Å²) in [6.07, 6.45) is 0. The Kier molecular flexibility index (Phi) is 5.92. The third-order valence-electron chi connectivity index (χ3n) is 2.60. The summed E-state index contributed by atoms with van der Waals surface area (Å²) in [5.74, 6) is 0.0716. The second-order valence-electron chi connectivity index (χ2n) is 4.12. The Morgan fingerprint density at radius 3 is 2.68 bits per heavy atom. The average molecular weight is 288 g/mol. The highest BCUT2D eigenvalue weighted by Gasteiger charge is 2.18. The highest BCUT2D eigenvalue weighted by molar-refractivity contribution is 6.21. The first-order chi connectivity index (χ1) is 8.99. The monoisotopic (exact) mass is 287 g/mol. The van der Waals surface area contributed by atoms with Crippen LogP contribution in [0, 0.1) is 0 Å². The van der Waals surface area contributed by atoms with Crippen LogP contribution in [-0.4, -0.2) is 55.7 Å². The van der Waals surface area contributed by atoms with E-state index in [0.29, 0.717) is 18.9 Å². The lowest BCUT2D eigenvalue weighted by atomic mass is 10.1. The number of rotatable bonds is 6. The molecule has 0 aliphatic carbocycles. The number of methoxy groups -OCH3 is 2. The van der Waals surface area contributed by atoms with Gasteiger partial charge in [0.1, 0.15) is 11.5 Å². The van der Waals surface area contributed by atoms with Crippen molar-refractivity contribution in [3.63, 3.8) is 0 Å². The Balaban J connectivity index is 2.76. The van der Waals surface area contributed by atoms with E-state index in [9.17, 15) is 9.90 Å². The summed E-state index contributed by atoms with van der Waals surface area (Å²) in [6, 6.07) is 4.54. The lowest BCUT2D eigenvalue weighted by Gasteiger charge is -2.20. The number of hydrogen-bond donors (Lipinski definition) is 1. The highest BCUT2D eigenvalue weighted by atomic mass is 35.5. The van der Waals surface area contributed by atoms with Crippen LogP contribution in [0.5, 0.6) is 11.5 Å². The van der Waals surface area contributed by atoms with Crippen molar-refractivity contribution in [3.8, 4) is 11.5 Å². The van der Waals surface area contributed by atoms with E-state index in [1.165, 1.54) is 24.1 Å². The van der Waals surface area contributed by atoms with Gasteiger partial charge in [-0.1, -0.05) is 0 Å². The molecule has 106 valence electrons. The lowest BCUT2D eigenvalue weighted by molar-refractivity contribution is 0.0778. The molecular weight excluding hydrogens is 270 g/mol. The largest absolute Gasteiger partial charge is 0.507 e. The summed E-state index contributed by atoms with van der Waals surface area (Å²) in [7, 11) is 4.66. The molecule has 0 aliphatic rings. The molecule has 0 bridgehead atoms. The molecule has 1 atom stereocenters. The van der Waals surface area contributed by atoms with Gasteiger partial charge in [-0.2, -0.15) is 0 Å². The average Bonchev–Trinajstić information content (AvgIpc) is 2.37. The van der Waals surface area contributed by atoms with Crippen LogP contribution in [0.2, 0.25) is 0 Å². The minimum absolute atomic E-state index is 0.117. The van der Waals surface area contributed by atoms with Gasteiger partial charge in [0.05, 0.1) is 24.7 Å². The zero-order valence-corrected chi connectivity index (χ0v) is 12.0. The fourth-order valence-electron chi connectivity index (χ4n) is 1.64. The molecule has 0 heterocycles. The van der Waals surface area contributed by atoms with Gasteiger partial charge >= 0.3 is 0 Å². The summed E-state index contributed by atoms with van der Waals surface area (Å²) in [5, 5.41) is 9.50. The fraction of sp³-hybridized carbons (Fsp3) is 0.462. The van der Waals surface area contributed by atoms with E-state index in [-0.39, 0.29) is 22.6 Å². The number of nitrogens with zero attached hydrogens (tertiary/aromatic N) is 1. The molecule has 0 fully saturated rings. The number of ether oxygens (including phenoxy) is 2. The normalized spacial score (nSPS) is 12.0. The molecule has 6 heteroatoms. The summed E-state index contributed by atoms with van der Waals surface area (Å²) in [6.45, 7) is 0.688. The van der Waals surface area contributed by atoms with E-state index in [0.717, 1.165) is 0 Å². The molecule has 1 aromatic rings. The van der Waals surface area contributed by atoms with Crippen molar-refractivity contribution >= 4 is 17.5 Å². The van der Waals surface area contributed by atoms with Crippen LogP contribution in [-0.2, 0) is 4.74 Å². The van der Waals surface area contributed by atoms with Gasteiger partial charge in [-0.05, 0) is 12.1 Å². The minimum Gasteiger partial charge on any atom is -0.507 e. The SMILES string of the molecule is COCC(Cl)CN(C)C(=O)c1ccc(OC)cc1O. The Bertz CT molecular complexity index is 439. The van der Waals surface area contributed by atoms with Crippen LogP contribution in [0.4, 0.5) is 0 Å². The van der Waals surface area contributed by atoms with Crippen molar-refractivity contribution < 1.29 is 19.4 Å². The zero-order chi connectivity index (χ0) is 14.4. The summed E-state index contributed by atoms with van der Waals surface area (Å²) in [4.78, 5) is 13.6. The maximum absolute atomic E-state index is 12.1. The van der Waals surface area contributed by atoms with Gasteiger partial charge < -0.3 is 19.5 Å². The molecule has 0 aliphatic heterocycles. The molecule has 0 saturated carbocycles. The van der Waals surface area contributed by atoms with Crippen molar-refractivity contribution in [1.82, 2.24) is 4.90 Å². The molecule has 5 nitrogen and oxygen atoms in total. The highest BCUT2D eigenvalue weighted by Crippen LogP contribution is 2.24. The van der Waals surface area contributed by atoms with Crippen molar-refractivity contribution in [1.29, 1.82) is 0 Å². The third-order valence-corrected chi connectivity index (χ3v) is 2.87. The van der Waals surface area contributed by atoms with Gasteiger partial charge in [0.15, 0.2) is 0 Å². The molecule has 0 saturated heterocycles. The quantitative estimate of drug-likeness (QED) is 0.810. The fourth-order valence-corrected chi connectivity index (χ4v) is 1.97. The van der Waals surface area contributed by atoms with Gasteiger partial charge in [0.2, 0.25) is 0 Å². The first kappa shape index (κ1) is 15.6. The van der Waals surface area contributed by atoms with Crippen molar-refractivity contribution in [2.75, 3.05) is 34.4 Å². The van der Waals surface area contributed by atoms with Crippen LogP contribution in [0.3, 0.4) is 0 Å². The molecule has 1 unspecified atom stereocenters. The summed E-state index contributed by atoms with van der Waals surface area (Å²) in [5.41, 5.74) is 0.213. The molecule has 19 heavy (non-hydrogen) atoms. The van der Waals surface area contributed by atoms with Crippen LogP contribution >= 0.6 is 11.6 Å². The topological polar surface area (TPSA) is 59.0 Å². The smallest absolute Gasteiger partial charge is 0.257 e. The van der Waals surface area contributed by atoms with E-state index < -0.39 is 0 Å². The van der Waals surface area contributed by atoms with Crippen LogP contribution in [0.15, 0.2) is 18.2 Å². The maximum Gasteiger partial charge on any atom is 0.257 e. The van der Waals surface area contributed by atoms with E-state index in [4.69, 9.17) is 21.1 Å². The molecule has 1 N–H and O–H groups in total. The number of phenolic OH excluding ortho intramolecular Hbond substituents is 1. The lowest BCUT2D eigenvalue weighted by Crippen LogP contribution is -2.33. The zero-order valence-electron chi connectivity index (χ0n) is 11.2. The predicted octanol–water partition coefficient (Wildman–Crippen LogP) is 1.73. The second kappa shape index (κ2) is 7.21. The van der Waals surface area contributed by atoms with E-state index in [1.807, 2.05) is 0 Å². The molecule has 0 radical (unpaired) electrons. The number of halogens is 1. The van der Waals surface area contributed by atoms with Gasteiger partial charge in [-0.25, -0.2) is 0 Å². The van der Waals surface area contributed by atoms with E-state index >= 15 is 0 Å². The Morgan fingerprint density at radius 2 is 2.16 bits per heavy atom. The van der Waals surface area contributed by atoms with Crippen LogP contribution in [0.1, 0.15) is 10.4 Å². The summed E-state index contributed by atoms with van der Waals surface area (Å²) < 4.78 is 9.87. The van der Waals surface area contributed by atoms with Gasteiger partial charge in [0, 0.05) is 26.8 Å². The third kappa shape index (κ3) is 4.29. The first-order valence-electron chi connectivity index (χ1n) is 5.75. The Labute approximate surface area is 117 Å². The molecular formula is C13H18ClNO4. The number of carbonyl (C=O) groups is 1. The number of amides is 1. The molecule has 1 rings (SSSR count). The molecule has 0 aromatic heterocycles. The van der Waals surface area contributed by atoms with Crippen LogP contribution in [0.25, 0.3) is 0 Å². The van der Waals surface area contributed by atoms with Crippen molar-refractivity contribution in [3.05, 3.63) is 23.8 Å². The van der Waals surface area contributed by atoms with E-state index in [2.05, 4.69) is 0 Å². The number of carbonyl (C=O) groups excluding carboxylic acids is 1. The maximum atomic E-state index is 12.1. The number of hydrogen-bond acceptors (Lipinski definition) is 4. The number of alkyl halides is 1. The standard InChI is InChI=1S/C13H18ClNO4/c1-15(7-9(14)8-18-2)13(17)11-5-4-10(19-3)6-12(11)16/h4-6,9,16H,7-8H2,1-3H3. The first-order valence-corrected chi connectivity index (χ1v) is 6.18. The molecule has 1 amide bonds. The second-order valence-corrected chi connectivity index (χ2v) is 4.74. The van der Waals surface area contributed by atoms with Crippen molar-refractivity contribution in [2.24, 2.45) is 0 Å². The number of aromatic hydroxyl groups is 1. The van der Waals surface area contributed by atoms with E-state index in [1.54, 1.807) is 20.2 Å². The van der Waals surface area contributed by atoms with Gasteiger partial charge in [0.25, 0.3) is 5.91 Å². The van der Waals surface area contributed by atoms with Gasteiger partial charge in [-0.15, -0.1) is 11.6 Å². The summed E-state index contributed by atoms with van der Waals surface area (Å²) >= 11 is 5.99. The van der Waals surface area contributed by atoms with Crippen molar-refractivity contribution in [2.45, 2.75) is 5.38 Å². The number of phenols is 1. The molecule has 0 spiro atoms. The van der Waals surface area contributed by atoms with Gasteiger partial charge in [-0.3, -0.25) is 4.79 Å². The predicted molar refractivity (Wildman–Crippen MR) is 73.1 cm³/mol.